The highest BCUT2D eigenvalue weighted by Crippen LogP contribution is 2.35. The van der Waals surface area contributed by atoms with Crippen LogP contribution in [-0.2, 0) is 14.3 Å². The molecular formula is C20H26O6. The van der Waals surface area contributed by atoms with Gasteiger partial charge in [0, 0.05) is 0 Å². The molecule has 3 rings (SSSR count). The molecule has 142 valence electrons. The highest BCUT2D eigenvalue weighted by molar-refractivity contribution is 5.91. The Balaban J connectivity index is 1.52. The molecule has 0 bridgehead atoms. The van der Waals surface area contributed by atoms with Crippen LogP contribution in [0.25, 0.3) is 0 Å². The number of hydrogen-bond acceptors (Lipinski definition) is 6. The van der Waals surface area contributed by atoms with Crippen molar-refractivity contribution in [3.63, 3.8) is 0 Å². The van der Waals surface area contributed by atoms with E-state index in [1.807, 2.05) is 0 Å². The topological polar surface area (TPSA) is 71.1 Å². The highest BCUT2D eigenvalue weighted by atomic mass is 16.7. The van der Waals surface area contributed by atoms with Crippen LogP contribution in [0, 0.1) is 17.8 Å². The van der Waals surface area contributed by atoms with Crippen molar-refractivity contribution in [1.29, 1.82) is 0 Å². The summed E-state index contributed by atoms with van der Waals surface area (Å²) >= 11 is 0. The van der Waals surface area contributed by atoms with Gasteiger partial charge in [-0.25, -0.2) is 9.59 Å². The van der Waals surface area contributed by atoms with Gasteiger partial charge in [-0.05, 0) is 48.8 Å². The second-order valence-corrected chi connectivity index (χ2v) is 7.50. The van der Waals surface area contributed by atoms with Crippen molar-refractivity contribution in [2.45, 2.75) is 46.1 Å². The number of hydrogen-bond donors (Lipinski definition) is 0. The van der Waals surface area contributed by atoms with Crippen molar-refractivity contribution in [1.82, 2.24) is 0 Å². The van der Waals surface area contributed by atoms with Crippen molar-refractivity contribution >= 4 is 11.9 Å². The Bertz CT molecular complexity index is 668. The van der Waals surface area contributed by atoms with Crippen LogP contribution in [0.2, 0.25) is 0 Å². The molecule has 1 fully saturated rings. The lowest BCUT2D eigenvalue weighted by Crippen LogP contribution is -2.36. The van der Waals surface area contributed by atoms with Crippen LogP contribution < -0.4 is 9.47 Å². The normalized spacial score (nSPS) is 24.4. The van der Waals surface area contributed by atoms with Gasteiger partial charge in [0.25, 0.3) is 0 Å². The minimum Gasteiger partial charge on any atom is -0.460 e. The van der Waals surface area contributed by atoms with E-state index in [1.165, 1.54) is 0 Å². The van der Waals surface area contributed by atoms with Crippen molar-refractivity contribution in [2.24, 2.45) is 17.8 Å². The third kappa shape index (κ3) is 4.29. The summed E-state index contributed by atoms with van der Waals surface area (Å²) in [7, 11) is 0. The summed E-state index contributed by atoms with van der Waals surface area (Å²) in [6.07, 6.45) is 2.99. The summed E-state index contributed by atoms with van der Waals surface area (Å²) < 4.78 is 21.2. The lowest BCUT2D eigenvalue weighted by molar-refractivity contribution is -0.159. The zero-order chi connectivity index (χ0) is 18.7. The minimum atomic E-state index is -0.585. The molecule has 0 spiro atoms. The van der Waals surface area contributed by atoms with Gasteiger partial charge in [-0.3, -0.25) is 0 Å². The molecule has 26 heavy (non-hydrogen) atoms. The number of rotatable bonds is 5. The van der Waals surface area contributed by atoms with Gasteiger partial charge in [0.15, 0.2) is 18.1 Å². The third-order valence-corrected chi connectivity index (χ3v) is 5.17. The molecule has 1 aliphatic carbocycles. The largest absolute Gasteiger partial charge is 0.460 e. The summed E-state index contributed by atoms with van der Waals surface area (Å²) in [5.41, 5.74) is 0.313. The molecule has 0 N–H and O–H groups in total. The van der Waals surface area contributed by atoms with Crippen molar-refractivity contribution in [2.75, 3.05) is 13.4 Å². The first-order valence-electron chi connectivity index (χ1n) is 9.20. The quantitative estimate of drug-likeness (QED) is 0.746. The molecule has 1 aromatic rings. The van der Waals surface area contributed by atoms with Gasteiger partial charge in [-0.2, -0.15) is 0 Å². The molecule has 2 aliphatic rings. The lowest BCUT2D eigenvalue weighted by atomic mass is 9.75. The number of ether oxygens (including phenoxy) is 4. The molecule has 3 atom stereocenters. The van der Waals surface area contributed by atoms with E-state index in [4.69, 9.17) is 18.9 Å². The minimum absolute atomic E-state index is 0.101. The summed E-state index contributed by atoms with van der Waals surface area (Å²) in [4.78, 5) is 24.3. The van der Waals surface area contributed by atoms with Crippen LogP contribution in [-0.4, -0.2) is 31.4 Å². The number of esters is 2. The highest BCUT2D eigenvalue weighted by Gasteiger charge is 2.33. The molecule has 0 aromatic heterocycles. The smallest absolute Gasteiger partial charge is 0.344 e. The van der Waals surface area contributed by atoms with Gasteiger partial charge < -0.3 is 18.9 Å². The Morgan fingerprint density at radius 3 is 2.73 bits per heavy atom. The zero-order valence-corrected chi connectivity index (χ0v) is 15.5. The van der Waals surface area contributed by atoms with Crippen LogP contribution >= 0.6 is 0 Å². The van der Waals surface area contributed by atoms with Crippen LogP contribution in [0.1, 0.15) is 50.4 Å². The predicted octanol–water partition coefficient (Wildman–Crippen LogP) is 3.58. The number of benzene rings is 1. The molecule has 0 unspecified atom stereocenters. The molecule has 0 saturated heterocycles. The second-order valence-electron chi connectivity index (χ2n) is 7.50. The van der Waals surface area contributed by atoms with E-state index < -0.39 is 11.9 Å². The molecule has 1 heterocycles. The Morgan fingerprint density at radius 1 is 1.19 bits per heavy atom. The fourth-order valence-electron chi connectivity index (χ4n) is 3.68. The summed E-state index contributed by atoms with van der Waals surface area (Å²) in [6, 6.07) is 4.78. The fraction of sp³-hybridized carbons (Fsp3) is 0.600. The van der Waals surface area contributed by atoms with E-state index in [2.05, 4.69) is 20.8 Å². The first-order chi connectivity index (χ1) is 12.4. The Morgan fingerprint density at radius 2 is 1.96 bits per heavy atom. The SMILES string of the molecule is CC(C)[C@@H]1CC[C@H](C)C[C@H]1OC(=O)COC(=O)c1ccc2c(c1)OCO2. The first-order valence-corrected chi connectivity index (χ1v) is 9.20. The number of carbonyl (C=O) groups is 2. The van der Waals surface area contributed by atoms with E-state index in [0.29, 0.717) is 34.8 Å². The first kappa shape index (κ1) is 18.5. The zero-order valence-electron chi connectivity index (χ0n) is 15.5. The van der Waals surface area contributed by atoms with Gasteiger partial charge in [-0.1, -0.05) is 27.2 Å². The summed E-state index contributed by atoms with van der Waals surface area (Å²) in [5, 5.41) is 0. The average Bonchev–Trinajstić information content (AvgIpc) is 3.07. The van der Waals surface area contributed by atoms with E-state index in [0.717, 1.165) is 19.3 Å². The lowest BCUT2D eigenvalue weighted by Gasteiger charge is -2.36. The monoisotopic (exact) mass is 362 g/mol. The van der Waals surface area contributed by atoms with E-state index >= 15 is 0 Å². The van der Waals surface area contributed by atoms with Gasteiger partial charge in [-0.15, -0.1) is 0 Å². The van der Waals surface area contributed by atoms with Crippen LogP contribution in [0.4, 0.5) is 0 Å². The van der Waals surface area contributed by atoms with Crippen LogP contribution in [0.3, 0.4) is 0 Å². The molecule has 1 aliphatic heterocycles. The van der Waals surface area contributed by atoms with Crippen molar-refractivity contribution < 1.29 is 28.5 Å². The van der Waals surface area contributed by atoms with Gasteiger partial charge in [0.2, 0.25) is 6.79 Å². The summed E-state index contributed by atoms with van der Waals surface area (Å²) in [5.74, 6) is 1.36. The maximum Gasteiger partial charge on any atom is 0.344 e. The maximum atomic E-state index is 12.2. The standard InChI is InChI=1S/C20H26O6/c1-12(2)15-6-4-13(3)8-17(15)26-19(21)10-23-20(22)14-5-7-16-18(9-14)25-11-24-16/h5,7,9,12-13,15,17H,4,6,8,10-11H2,1-3H3/t13-,15-,17+/m0/s1. The number of fused-ring (bicyclic) bond motifs is 1. The predicted molar refractivity (Wildman–Crippen MR) is 94.1 cm³/mol. The summed E-state index contributed by atoms with van der Waals surface area (Å²) in [6.45, 7) is 6.24. The second kappa shape index (κ2) is 7.98. The molecule has 1 saturated carbocycles. The van der Waals surface area contributed by atoms with E-state index in [-0.39, 0.29) is 19.5 Å². The van der Waals surface area contributed by atoms with Gasteiger partial charge in [0.05, 0.1) is 5.56 Å². The molecular weight excluding hydrogens is 336 g/mol. The van der Waals surface area contributed by atoms with Crippen molar-refractivity contribution in [3.8, 4) is 11.5 Å². The molecule has 0 radical (unpaired) electrons. The average molecular weight is 362 g/mol. The van der Waals surface area contributed by atoms with Crippen LogP contribution in [0.5, 0.6) is 11.5 Å². The Kier molecular flexibility index (Phi) is 5.69. The molecule has 6 nitrogen and oxygen atoms in total. The van der Waals surface area contributed by atoms with E-state index in [1.54, 1.807) is 18.2 Å². The maximum absolute atomic E-state index is 12.2. The van der Waals surface area contributed by atoms with E-state index in [9.17, 15) is 9.59 Å². The van der Waals surface area contributed by atoms with Crippen molar-refractivity contribution in [3.05, 3.63) is 23.8 Å². The van der Waals surface area contributed by atoms with Gasteiger partial charge in [0.1, 0.15) is 6.10 Å². The Labute approximate surface area is 153 Å². The number of carbonyl (C=O) groups excluding carboxylic acids is 2. The fourth-order valence-corrected chi connectivity index (χ4v) is 3.68. The van der Waals surface area contributed by atoms with Gasteiger partial charge >= 0.3 is 11.9 Å². The molecule has 6 heteroatoms. The molecule has 0 amide bonds. The Hall–Kier alpha value is -2.24. The molecule has 1 aromatic carbocycles. The third-order valence-electron chi connectivity index (χ3n) is 5.17. The van der Waals surface area contributed by atoms with Crippen LogP contribution in [0.15, 0.2) is 18.2 Å².